The normalized spacial score (nSPS) is 12.8. The van der Waals surface area contributed by atoms with Crippen LogP contribution < -0.4 is 0 Å². The number of benzene rings is 2. The summed E-state index contributed by atoms with van der Waals surface area (Å²) in [5.41, 5.74) is 3.83. The Kier molecular flexibility index (Phi) is 5.37. The first kappa shape index (κ1) is 14.8. The van der Waals surface area contributed by atoms with Gasteiger partial charge in [0.15, 0.2) is 0 Å². The zero-order chi connectivity index (χ0) is 14.4. The molecule has 1 atom stereocenters. The molecule has 20 heavy (non-hydrogen) atoms. The number of aryl methyl sites for hydroxylation is 1. The summed E-state index contributed by atoms with van der Waals surface area (Å²) in [7, 11) is 0. The standard InChI is InChI=1S/C18H20ClN/c1-14-6-8-17(9-7-14)12-15(2)20-11-10-16-4-3-5-18(19)13-16/h3-9,11,13,15H,10,12H2,1-2H3/t15-/m1/s1. The van der Waals surface area contributed by atoms with Crippen molar-refractivity contribution in [1.82, 2.24) is 0 Å². The first-order valence-corrected chi connectivity index (χ1v) is 7.33. The van der Waals surface area contributed by atoms with Gasteiger partial charge >= 0.3 is 0 Å². The highest BCUT2D eigenvalue weighted by molar-refractivity contribution is 6.30. The van der Waals surface area contributed by atoms with Crippen LogP contribution >= 0.6 is 11.6 Å². The van der Waals surface area contributed by atoms with Crippen molar-refractivity contribution in [3.63, 3.8) is 0 Å². The van der Waals surface area contributed by atoms with Gasteiger partial charge in [0, 0.05) is 17.7 Å². The van der Waals surface area contributed by atoms with Crippen LogP contribution in [0.15, 0.2) is 53.5 Å². The molecule has 0 saturated heterocycles. The van der Waals surface area contributed by atoms with Gasteiger partial charge in [-0.2, -0.15) is 0 Å². The lowest BCUT2D eigenvalue weighted by atomic mass is 10.1. The minimum atomic E-state index is 0.303. The highest BCUT2D eigenvalue weighted by Gasteiger charge is 2.00. The maximum atomic E-state index is 5.96. The molecule has 0 bridgehead atoms. The van der Waals surface area contributed by atoms with E-state index in [9.17, 15) is 0 Å². The fourth-order valence-corrected chi connectivity index (χ4v) is 2.33. The van der Waals surface area contributed by atoms with Gasteiger partial charge in [-0.05, 0) is 43.5 Å². The summed E-state index contributed by atoms with van der Waals surface area (Å²) in [6, 6.07) is 16.9. The van der Waals surface area contributed by atoms with Gasteiger partial charge in [-0.3, -0.25) is 4.99 Å². The topological polar surface area (TPSA) is 12.4 Å². The van der Waals surface area contributed by atoms with E-state index < -0.39 is 0 Å². The van der Waals surface area contributed by atoms with E-state index in [1.807, 2.05) is 24.4 Å². The number of rotatable bonds is 5. The van der Waals surface area contributed by atoms with Crippen LogP contribution in [0.5, 0.6) is 0 Å². The monoisotopic (exact) mass is 285 g/mol. The molecule has 2 rings (SSSR count). The molecule has 1 nitrogen and oxygen atoms in total. The summed E-state index contributed by atoms with van der Waals surface area (Å²) in [4.78, 5) is 4.60. The molecule has 2 aromatic rings. The molecule has 0 unspecified atom stereocenters. The Hall–Kier alpha value is -1.60. The Labute approximate surface area is 126 Å². The van der Waals surface area contributed by atoms with Crippen LogP contribution in [0.3, 0.4) is 0 Å². The molecule has 2 heteroatoms. The fourth-order valence-electron chi connectivity index (χ4n) is 2.12. The second-order valence-electron chi connectivity index (χ2n) is 5.20. The minimum absolute atomic E-state index is 0.303. The first-order valence-electron chi connectivity index (χ1n) is 6.95. The first-order chi connectivity index (χ1) is 9.63. The lowest BCUT2D eigenvalue weighted by Gasteiger charge is -2.06. The number of hydrogen-bond donors (Lipinski definition) is 0. The summed E-state index contributed by atoms with van der Waals surface area (Å²) in [5.74, 6) is 0. The molecular formula is C18H20ClN. The summed E-state index contributed by atoms with van der Waals surface area (Å²) >= 11 is 5.96. The quantitative estimate of drug-likeness (QED) is 0.693. The van der Waals surface area contributed by atoms with Crippen molar-refractivity contribution < 1.29 is 0 Å². The number of aliphatic imine (C=N–C) groups is 1. The van der Waals surface area contributed by atoms with Crippen molar-refractivity contribution in [1.29, 1.82) is 0 Å². The Bertz CT molecular complexity index is 572. The van der Waals surface area contributed by atoms with Gasteiger partial charge in [0.05, 0.1) is 6.04 Å². The van der Waals surface area contributed by atoms with E-state index in [4.69, 9.17) is 11.6 Å². The SMILES string of the molecule is Cc1ccc(C[C@@H](C)N=CCc2cccc(Cl)c2)cc1. The molecule has 0 heterocycles. The third kappa shape index (κ3) is 4.82. The zero-order valence-corrected chi connectivity index (χ0v) is 12.8. The molecule has 0 fully saturated rings. The van der Waals surface area contributed by atoms with Gasteiger partial charge in [0.2, 0.25) is 0 Å². The van der Waals surface area contributed by atoms with E-state index in [2.05, 4.69) is 49.2 Å². The van der Waals surface area contributed by atoms with Gasteiger partial charge in [0.1, 0.15) is 0 Å². The van der Waals surface area contributed by atoms with E-state index in [0.717, 1.165) is 17.9 Å². The van der Waals surface area contributed by atoms with Gasteiger partial charge in [0.25, 0.3) is 0 Å². The van der Waals surface area contributed by atoms with E-state index in [1.54, 1.807) is 0 Å². The Morgan fingerprint density at radius 2 is 1.85 bits per heavy atom. The number of nitrogens with zero attached hydrogens (tertiary/aromatic N) is 1. The molecular weight excluding hydrogens is 266 g/mol. The summed E-state index contributed by atoms with van der Waals surface area (Å²) in [6.45, 7) is 4.25. The van der Waals surface area contributed by atoms with Crippen LogP contribution in [0.4, 0.5) is 0 Å². The van der Waals surface area contributed by atoms with E-state index >= 15 is 0 Å². The molecule has 0 saturated carbocycles. The van der Waals surface area contributed by atoms with Crippen molar-refractivity contribution in [3.8, 4) is 0 Å². The third-order valence-corrected chi connectivity index (χ3v) is 3.46. The number of hydrogen-bond acceptors (Lipinski definition) is 1. The van der Waals surface area contributed by atoms with Crippen LogP contribution in [-0.4, -0.2) is 12.3 Å². The lowest BCUT2D eigenvalue weighted by Crippen LogP contribution is -2.04. The Morgan fingerprint density at radius 3 is 2.55 bits per heavy atom. The molecule has 0 radical (unpaired) electrons. The van der Waals surface area contributed by atoms with Gasteiger partial charge in [-0.1, -0.05) is 53.6 Å². The number of halogens is 1. The molecule has 0 N–H and O–H groups in total. The lowest BCUT2D eigenvalue weighted by molar-refractivity contribution is 0.742. The largest absolute Gasteiger partial charge is 0.294 e. The van der Waals surface area contributed by atoms with Gasteiger partial charge in [-0.25, -0.2) is 0 Å². The highest BCUT2D eigenvalue weighted by atomic mass is 35.5. The second-order valence-corrected chi connectivity index (χ2v) is 5.64. The molecule has 0 amide bonds. The van der Waals surface area contributed by atoms with Crippen LogP contribution in [0.25, 0.3) is 0 Å². The van der Waals surface area contributed by atoms with Crippen molar-refractivity contribution in [3.05, 3.63) is 70.2 Å². The van der Waals surface area contributed by atoms with Crippen LogP contribution in [-0.2, 0) is 12.8 Å². The molecule has 104 valence electrons. The molecule has 0 aliphatic carbocycles. The maximum Gasteiger partial charge on any atom is 0.0508 e. The van der Waals surface area contributed by atoms with Crippen LogP contribution in [0, 0.1) is 6.92 Å². The molecule has 2 aromatic carbocycles. The van der Waals surface area contributed by atoms with Crippen molar-refractivity contribution in [2.75, 3.05) is 0 Å². The van der Waals surface area contributed by atoms with Gasteiger partial charge in [-0.15, -0.1) is 0 Å². The maximum absolute atomic E-state index is 5.96. The molecule has 0 aromatic heterocycles. The Morgan fingerprint density at radius 1 is 1.10 bits per heavy atom. The minimum Gasteiger partial charge on any atom is -0.294 e. The van der Waals surface area contributed by atoms with E-state index in [-0.39, 0.29) is 0 Å². The van der Waals surface area contributed by atoms with Crippen molar-refractivity contribution in [2.45, 2.75) is 32.7 Å². The predicted molar refractivity (Wildman–Crippen MR) is 88.0 cm³/mol. The highest BCUT2D eigenvalue weighted by Crippen LogP contribution is 2.11. The molecule has 0 spiro atoms. The van der Waals surface area contributed by atoms with Crippen LogP contribution in [0.2, 0.25) is 5.02 Å². The zero-order valence-electron chi connectivity index (χ0n) is 12.0. The summed E-state index contributed by atoms with van der Waals surface area (Å²) < 4.78 is 0. The Balaban J connectivity index is 1.86. The van der Waals surface area contributed by atoms with Crippen molar-refractivity contribution >= 4 is 17.8 Å². The van der Waals surface area contributed by atoms with E-state index in [1.165, 1.54) is 16.7 Å². The average molecular weight is 286 g/mol. The van der Waals surface area contributed by atoms with Crippen LogP contribution in [0.1, 0.15) is 23.6 Å². The second kappa shape index (κ2) is 7.25. The van der Waals surface area contributed by atoms with Gasteiger partial charge < -0.3 is 0 Å². The van der Waals surface area contributed by atoms with Crippen molar-refractivity contribution in [2.24, 2.45) is 4.99 Å². The summed E-state index contributed by atoms with van der Waals surface area (Å²) in [6.07, 6.45) is 3.80. The average Bonchev–Trinajstić information content (AvgIpc) is 2.41. The van der Waals surface area contributed by atoms with E-state index in [0.29, 0.717) is 6.04 Å². The fraction of sp³-hybridized carbons (Fsp3) is 0.278. The summed E-state index contributed by atoms with van der Waals surface area (Å²) in [5, 5.41) is 0.781. The predicted octanol–water partition coefficient (Wildman–Crippen LogP) is 4.89. The molecule has 0 aliphatic rings. The smallest absolute Gasteiger partial charge is 0.0508 e. The molecule has 0 aliphatic heterocycles. The third-order valence-electron chi connectivity index (χ3n) is 3.23.